The number of nitrogens with zero attached hydrogens (tertiary/aromatic N) is 2. The van der Waals surface area contributed by atoms with Gasteiger partial charge in [-0.1, -0.05) is 35.3 Å². The Morgan fingerprint density at radius 1 is 1.24 bits per heavy atom. The smallest absolute Gasteiger partial charge is 0.226 e. The van der Waals surface area contributed by atoms with Gasteiger partial charge in [0.05, 0.1) is 22.6 Å². The first kappa shape index (κ1) is 18.2. The molecule has 1 fully saturated rings. The van der Waals surface area contributed by atoms with Crippen molar-refractivity contribution in [2.45, 2.75) is 25.4 Å². The summed E-state index contributed by atoms with van der Waals surface area (Å²) in [6.45, 7) is 1.31. The second-order valence-corrected chi connectivity index (χ2v) is 7.19. The Balaban J connectivity index is 1.54. The van der Waals surface area contributed by atoms with E-state index in [1.807, 2.05) is 23.1 Å². The number of amides is 1. The molecule has 132 valence electrons. The first-order chi connectivity index (χ1) is 12.0. The van der Waals surface area contributed by atoms with Gasteiger partial charge in [0.2, 0.25) is 5.91 Å². The Labute approximate surface area is 157 Å². The maximum Gasteiger partial charge on any atom is 0.226 e. The van der Waals surface area contributed by atoms with Gasteiger partial charge in [0, 0.05) is 25.5 Å². The average molecular weight is 379 g/mol. The van der Waals surface area contributed by atoms with Gasteiger partial charge in [-0.05, 0) is 48.1 Å². The zero-order valence-corrected chi connectivity index (χ0v) is 15.2. The van der Waals surface area contributed by atoms with Gasteiger partial charge < -0.3 is 10.0 Å². The first-order valence-electron chi connectivity index (χ1n) is 8.34. The SMILES string of the molecule is O=C(Cc1ccc(Cl)c(Cl)c1)N1CCC(C(O)c2cccnc2)CC1. The molecule has 1 atom stereocenters. The van der Waals surface area contributed by atoms with Crippen molar-refractivity contribution in [1.29, 1.82) is 0 Å². The minimum absolute atomic E-state index is 0.0766. The van der Waals surface area contributed by atoms with Crippen molar-refractivity contribution >= 4 is 29.1 Å². The van der Waals surface area contributed by atoms with Crippen molar-refractivity contribution in [2.24, 2.45) is 5.92 Å². The highest BCUT2D eigenvalue weighted by Gasteiger charge is 2.28. The van der Waals surface area contributed by atoms with Gasteiger partial charge in [-0.2, -0.15) is 0 Å². The minimum atomic E-state index is -0.527. The normalized spacial score (nSPS) is 16.7. The number of piperidine rings is 1. The van der Waals surface area contributed by atoms with E-state index in [2.05, 4.69) is 4.98 Å². The van der Waals surface area contributed by atoms with Crippen LogP contribution in [0.5, 0.6) is 0 Å². The molecule has 0 spiro atoms. The van der Waals surface area contributed by atoms with E-state index in [9.17, 15) is 9.90 Å². The molecule has 1 aromatic carbocycles. The number of aliphatic hydroxyl groups is 1. The number of likely N-dealkylation sites (tertiary alicyclic amines) is 1. The predicted molar refractivity (Wildman–Crippen MR) is 98.7 cm³/mol. The van der Waals surface area contributed by atoms with E-state index in [0.717, 1.165) is 24.0 Å². The lowest BCUT2D eigenvalue weighted by Gasteiger charge is -2.34. The van der Waals surface area contributed by atoms with Crippen LogP contribution in [0.3, 0.4) is 0 Å². The lowest BCUT2D eigenvalue weighted by molar-refractivity contribution is -0.132. The molecule has 0 saturated carbocycles. The van der Waals surface area contributed by atoms with E-state index in [0.29, 0.717) is 29.6 Å². The molecule has 6 heteroatoms. The van der Waals surface area contributed by atoms with Crippen molar-refractivity contribution in [3.05, 3.63) is 63.9 Å². The molecular weight excluding hydrogens is 359 g/mol. The van der Waals surface area contributed by atoms with Crippen molar-refractivity contribution in [2.75, 3.05) is 13.1 Å². The Morgan fingerprint density at radius 2 is 2.00 bits per heavy atom. The molecule has 1 saturated heterocycles. The van der Waals surface area contributed by atoms with Gasteiger partial charge in [-0.3, -0.25) is 9.78 Å². The third kappa shape index (κ3) is 4.51. The molecule has 2 heterocycles. The third-order valence-corrected chi connectivity index (χ3v) is 5.44. The Hall–Kier alpha value is -1.62. The molecule has 1 unspecified atom stereocenters. The number of hydrogen-bond acceptors (Lipinski definition) is 3. The fraction of sp³-hybridized carbons (Fsp3) is 0.368. The Morgan fingerprint density at radius 3 is 2.64 bits per heavy atom. The summed E-state index contributed by atoms with van der Waals surface area (Å²) in [5.41, 5.74) is 1.69. The van der Waals surface area contributed by atoms with Crippen LogP contribution in [-0.4, -0.2) is 34.0 Å². The highest BCUT2D eigenvalue weighted by Crippen LogP contribution is 2.30. The number of pyridine rings is 1. The first-order valence-corrected chi connectivity index (χ1v) is 9.10. The number of aromatic nitrogens is 1. The Bertz CT molecular complexity index is 731. The van der Waals surface area contributed by atoms with Crippen molar-refractivity contribution in [3.63, 3.8) is 0 Å². The van der Waals surface area contributed by atoms with E-state index < -0.39 is 6.10 Å². The van der Waals surface area contributed by atoms with E-state index in [-0.39, 0.29) is 11.8 Å². The van der Waals surface area contributed by atoms with E-state index in [4.69, 9.17) is 23.2 Å². The highest BCUT2D eigenvalue weighted by atomic mass is 35.5. The van der Waals surface area contributed by atoms with Crippen molar-refractivity contribution in [3.8, 4) is 0 Å². The van der Waals surface area contributed by atoms with Crippen molar-refractivity contribution < 1.29 is 9.90 Å². The van der Waals surface area contributed by atoms with Crippen LogP contribution in [0.4, 0.5) is 0 Å². The fourth-order valence-electron chi connectivity index (χ4n) is 3.22. The van der Waals surface area contributed by atoms with Crippen LogP contribution in [0.2, 0.25) is 10.0 Å². The summed E-state index contributed by atoms with van der Waals surface area (Å²) in [6, 6.07) is 8.99. The number of hydrogen-bond donors (Lipinski definition) is 1. The summed E-state index contributed by atoms with van der Waals surface area (Å²) in [7, 11) is 0. The molecule has 1 aliphatic rings. The largest absolute Gasteiger partial charge is 0.388 e. The number of rotatable bonds is 4. The molecule has 0 bridgehead atoms. The Kier molecular flexibility index (Phi) is 5.94. The standard InChI is InChI=1S/C19H20Cl2N2O2/c20-16-4-3-13(10-17(16)21)11-18(24)23-8-5-14(6-9-23)19(25)15-2-1-7-22-12-15/h1-4,7,10,12,14,19,25H,5-6,8-9,11H2. The van der Waals surface area contributed by atoms with Crippen LogP contribution < -0.4 is 0 Å². The number of aliphatic hydroxyl groups excluding tert-OH is 1. The number of benzene rings is 1. The molecule has 2 aromatic rings. The van der Waals surface area contributed by atoms with E-state index in [1.165, 1.54) is 0 Å². The highest BCUT2D eigenvalue weighted by molar-refractivity contribution is 6.42. The molecule has 1 N–H and O–H groups in total. The number of halogens is 2. The summed E-state index contributed by atoms with van der Waals surface area (Å²) in [5.74, 6) is 0.228. The summed E-state index contributed by atoms with van der Waals surface area (Å²) < 4.78 is 0. The molecule has 25 heavy (non-hydrogen) atoms. The van der Waals surface area contributed by atoms with Gasteiger partial charge in [-0.15, -0.1) is 0 Å². The zero-order valence-electron chi connectivity index (χ0n) is 13.7. The summed E-state index contributed by atoms with van der Waals surface area (Å²) >= 11 is 11.9. The maximum absolute atomic E-state index is 12.5. The molecule has 1 aliphatic heterocycles. The minimum Gasteiger partial charge on any atom is -0.388 e. The van der Waals surface area contributed by atoms with Gasteiger partial charge in [0.1, 0.15) is 0 Å². The summed E-state index contributed by atoms with van der Waals surface area (Å²) in [6.07, 6.45) is 4.74. The van der Waals surface area contributed by atoms with Gasteiger partial charge >= 0.3 is 0 Å². The third-order valence-electron chi connectivity index (χ3n) is 4.70. The van der Waals surface area contributed by atoms with Crippen molar-refractivity contribution in [1.82, 2.24) is 9.88 Å². The van der Waals surface area contributed by atoms with Crippen LogP contribution in [-0.2, 0) is 11.2 Å². The number of carbonyl (C=O) groups is 1. The zero-order chi connectivity index (χ0) is 17.8. The van der Waals surface area contributed by atoms with Gasteiger partial charge in [0.15, 0.2) is 0 Å². The molecule has 1 amide bonds. The van der Waals surface area contributed by atoms with Crippen LogP contribution >= 0.6 is 23.2 Å². The van der Waals surface area contributed by atoms with Crippen LogP contribution in [0.1, 0.15) is 30.1 Å². The lowest BCUT2D eigenvalue weighted by Crippen LogP contribution is -2.40. The molecular formula is C19H20Cl2N2O2. The summed E-state index contributed by atoms with van der Waals surface area (Å²) in [5, 5.41) is 11.4. The van der Waals surface area contributed by atoms with Crippen LogP contribution in [0.25, 0.3) is 0 Å². The topological polar surface area (TPSA) is 53.4 Å². The quantitative estimate of drug-likeness (QED) is 0.877. The van der Waals surface area contributed by atoms with Gasteiger partial charge in [-0.25, -0.2) is 0 Å². The predicted octanol–water partition coefficient (Wildman–Crippen LogP) is 3.90. The van der Waals surface area contributed by atoms with Gasteiger partial charge in [0.25, 0.3) is 0 Å². The molecule has 0 aliphatic carbocycles. The molecule has 1 aromatic heterocycles. The van der Waals surface area contributed by atoms with Crippen LogP contribution in [0, 0.1) is 5.92 Å². The number of carbonyl (C=O) groups excluding carboxylic acids is 1. The maximum atomic E-state index is 12.5. The second-order valence-electron chi connectivity index (χ2n) is 6.37. The molecule has 4 nitrogen and oxygen atoms in total. The summed E-state index contributed by atoms with van der Waals surface area (Å²) in [4.78, 5) is 18.4. The van der Waals surface area contributed by atoms with Crippen LogP contribution in [0.15, 0.2) is 42.7 Å². The monoisotopic (exact) mass is 378 g/mol. The van der Waals surface area contributed by atoms with E-state index >= 15 is 0 Å². The average Bonchev–Trinajstić information content (AvgIpc) is 2.65. The second kappa shape index (κ2) is 8.17. The molecule has 3 rings (SSSR count). The molecule has 0 radical (unpaired) electrons. The lowest BCUT2D eigenvalue weighted by atomic mass is 9.88. The fourth-order valence-corrected chi connectivity index (χ4v) is 3.54. The van der Waals surface area contributed by atoms with E-state index in [1.54, 1.807) is 24.5 Å².